The number of carbonyl (C=O) groups excluding carboxylic acids is 2. The molecular weight excluding hydrogens is 352 g/mol. The minimum atomic E-state index is -0.974. The number of thiophene rings is 1. The summed E-state index contributed by atoms with van der Waals surface area (Å²) in [7, 11) is 0. The van der Waals surface area contributed by atoms with Crippen molar-refractivity contribution in [3.8, 4) is 0 Å². The van der Waals surface area contributed by atoms with Gasteiger partial charge in [0.25, 0.3) is 0 Å². The van der Waals surface area contributed by atoms with E-state index in [9.17, 15) is 14.4 Å². The lowest BCUT2D eigenvalue weighted by atomic mass is 10.1. The molecule has 0 bridgehead atoms. The van der Waals surface area contributed by atoms with Gasteiger partial charge in [-0.25, -0.2) is 4.79 Å². The van der Waals surface area contributed by atoms with Crippen LogP contribution in [-0.2, 0) is 22.7 Å². The molecule has 1 aromatic heterocycles. The molecule has 26 heavy (non-hydrogen) atoms. The first kappa shape index (κ1) is 18.1. The lowest BCUT2D eigenvalue weighted by molar-refractivity contribution is -0.135. The number of nitrogens with one attached hydrogen (secondary N) is 1. The van der Waals surface area contributed by atoms with E-state index in [-0.39, 0.29) is 23.2 Å². The van der Waals surface area contributed by atoms with Crippen LogP contribution in [0.4, 0.5) is 0 Å². The molecule has 7 heteroatoms. The summed E-state index contributed by atoms with van der Waals surface area (Å²) in [6.07, 6.45) is 0.869. The van der Waals surface area contributed by atoms with Gasteiger partial charge in [0.05, 0.1) is 6.54 Å². The lowest BCUT2D eigenvalue weighted by Gasteiger charge is -2.24. The maximum Gasteiger partial charge on any atom is 0.345 e. The van der Waals surface area contributed by atoms with E-state index in [0.29, 0.717) is 19.4 Å². The Morgan fingerprint density at radius 2 is 1.96 bits per heavy atom. The molecule has 2 amide bonds. The highest BCUT2D eigenvalue weighted by molar-refractivity contribution is 7.13. The summed E-state index contributed by atoms with van der Waals surface area (Å²) in [6, 6.07) is 10.6. The smallest absolute Gasteiger partial charge is 0.345 e. The van der Waals surface area contributed by atoms with E-state index < -0.39 is 12.0 Å². The van der Waals surface area contributed by atoms with Crippen LogP contribution in [0.2, 0.25) is 0 Å². The predicted octanol–water partition coefficient (Wildman–Crippen LogP) is 2.56. The molecule has 0 spiro atoms. The van der Waals surface area contributed by atoms with Crippen molar-refractivity contribution in [1.82, 2.24) is 10.2 Å². The van der Waals surface area contributed by atoms with Gasteiger partial charge >= 0.3 is 5.97 Å². The van der Waals surface area contributed by atoms with Gasteiger partial charge in [-0.3, -0.25) is 9.59 Å². The van der Waals surface area contributed by atoms with Crippen molar-refractivity contribution in [2.45, 2.75) is 38.9 Å². The number of rotatable bonds is 6. The van der Waals surface area contributed by atoms with E-state index in [1.165, 1.54) is 6.07 Å². The first-order valence-corrected chi connectivity index (χ1v) is 9.20. The number of hydrogen-bond acceptors (Lipinski definition) is 4. The number of benzene rings is 1. The molecule has 1 aliphatic heterocycles. The fourth-order valence-electron chi connectivity index (χ4n) is 2.97. The van der Waals surface area contributed by atoms with Gasteiger partial charge in [-0.2, -0.15) is 0 Å². The van der Waals surface area contributed by atoms with Crippen LogP contribution in [-0.4, -0.2) is 33.8 Å². The predicted molar refractivity (Wildman–Crippen MR) is 97.9 cm³/mol. The normalized spacial score (nSPS) is 16.7. The van der Waals surface area contributed by atoms with E-state index in [0.717, 1.165) is 27.3 Å². The van der Waals surface area contributed by atoms with Crippen molar-refractivity contribution in [3.05, 3.63) is 57.3 Å². The SMILES string of the molecule is Cc1ccc(CN2C(=O)CCC2C(=O)NCc2ccc(C(=O)O)s2)cc1. The Morgan fingerprint density at radius 1 is 1.23 bits per heavy atom. The topological polar surface area (TPSA) is 86.7 Å². The third kappa shape index (κ3) is 4.11. The number of carboxylic acid groups (broad SMARTS) is 1. The number of carboxylic acids is 1. The third-order valence-electron chi connectivity index (χ3n) is 4.41. The van der Waals surface area contributed by atoms with Crippen molar-refractivity contribution in [2.24, 2.45) is 0 Å². The summed E-state index contributed by atoms with van der Waals surface area (Å²) in [4.78, 5) is 38.3. The highest BCUT2D eigenvalue weighted by atomic mass is 32.1. The summed E-state index contributed by atoms with van der Waals surface area (Å²) >= 11 is 1.14. The molecule has 0 aliphatic carbocycles. The maximum absolute atomic E-state index is 12.5. The summed E-state index contributed by atoms with van der Waals surface area (Å²) in [6.45, 7) is 2.68. The Kier molecular flexibility index (Phi) is 5.37. The lowest BCUT2D eigenvalue weighted by Crippen LogP contribution is -2.44. The van der Waals surface area contributed by atoms with Crippen LogP contribution in [0.1, 0.15) is 38.5 Å². The molecule has 0 saturated carbocycles. The summed E-state index contributed by atoms with van der Waals surface area (Å²) < 4.78 is 0. The first-order chi connectivity index (χ1) is 12.4. The number of nitrogens with zero attached hydrogens (tertiary/aromatic N) is 1. The van der Waals surface area contributed by atoms with Crippen LogP contribution in [0.25, 0.3) is 0 Å². The average Bonchev–Trinajstić information content (AvgIpc) is 3.23. The molecule has 1 unspecified atom stereocenters. The Morgan fingerprint density at radius 3 is 2.62 bits per heavy atom. The standard InChI is InChI=1S/C19H20N2O4S/c1-12-2-4-13(5-3-12)11-21-15(7-9-17(21)22)18(23)20-10-14-6-8-16(26-14)19(24)25/h2-6,8,15H,7,9-11H2,1H3,(H,20,23)(H,24,25). The van der Waals surface area contributed by atoms with Crippen molar-refractivity contribution >= 4 is 29.1 Å². The summed E-state index contributed by atoms with van der Waals surface area (Å²) in [5.41, 5.74) is 2.14. The van der Waals surface area contributed by atoms with Crippen LogP contribution in [0.5, 0.6) is 0 Å². The quantitative estimate of drug-likeness (QED) is 0.816. The molecule has 136 valence electrons. The fourth-order valence-corrected chi connectivity index (χ4v) is 3.76. The van der Waals surface area contributed by atoms with E-state index in [1.54, 1.807) is 11.0 Å². The summed E-state index contributed by atoms with van der Waals surface area (Å²) in [5, 5.41) is 11.8. The molecular formula is C19H20N2O4S. The Labute approximate surface area is 155 Å². The summed E-state index contributed by atoms with van der Waals surface area (Å²) in [5.74, 6) is -1.19. The van der Waals surface area contributed by atoms with E-state index in [2.05, 4.69) is 5.32 Å². The zero-order chi connectivity index (χ0) is 18.7. The average molecular weight is 372 g/mol. The highest BCUT2D eigenvalue weighted by Gasteiger charge is 2.35. The fraction of sp³-hybridized carbons (Fsp3) is 0.316. The van der Waals surface area contributed by atoms with Gasteiger partial charge in [0, 0.05) is 17.8 Å². The number of likely N-dealkylation sites (tertiary alicyclic amines) is 1. The van der Waals surface area contributed by atoms with Gasteiger partial charge in [-0.05, 0) is 31.0 Å². The van der Waals surface area contributed by atoms with Crippen molar-refractivity contribution in [2.75, 3.05) is 0 Å². The Bertz CT molecular complexity index is 828. The monoisotopic (exact) mass is 372 g/mol. The second kappa shape index (κ2) is 7.70. The molecule has 0 radical (unpaired) electrons. The highest BCUT2D eigenvalue weighted by Crippen LogP contribution is 2.22. The van der Waals surface area contributed by atoms with Gasteiger partial charge in [0.15, 0.2) is 0 Å². The van der Waals surface area contributed by atoms with Crippen molar-refractivity contribution in [3.63, 3.8) is 0 Å². The molecule has 2 aromatic rings. The largest absolute Gasteiger partial charge is 0.477 e. The van der Waals surface area contributed by atoms with Crippen LogP contribution in [0.15, 0.2) is 36.4 Å². The van der Waals surface area contributed by atoms with E-state index >= 15 is 0 Å². The van der Waals surface area contributed by atoms with Crippen molar-refractivity contribution in [1.29, 1.82) is 0 Å². The zero-order valence-electron chi connectivity index (χ0n) is 14.4. The Balaban J connectivity index is 1.62. The second-order valence-electron chi connectivity index (χ2n) is 6.35. The minimum Gasteiger partial charge on any atom is -0.477 e. The van der Waals surface area contributed by atoms with Gasteiger partial charge in [-0.15, -0.1) is 11.3 Å². The van der Waals surface area contributed by atoms with Gasteiger partial charge in [0.2, 0.25) is 11.8 Å². The molecule has 1 aliphatic rings. The molecule has 6 nitrogen and oxygen atoms in total. The molecule has 3 rings (SSSR count). The van der Waals surface area contributed by atoms with Gasteiger partial charge in [0.1, 0.15) is 10.9 Å². The number of aryl methyl sites for hydroxylation is 1. The number of amides is 2. The third-order valence-corrected chi connectivity index (χ3v) is 5.49. The van der Waals surface area contributed by atoms with Crippen LogP contribution < -0.4 is 5.32 Å². The number of hydrogen-bond donors (Lipinski definition) is 2. The zero-order valence-corrected chi connectivity index (χ0v) is 15.2. The molecule has 1 aromatic carbocycles. The van der Waals surface area contributed by atoms with Crippen LogP contribution in [0.3, 0.4) is 0 Å². The van der Waals surface area contributed by atoms with E-state index in [1.807, 2.05) is 31.2 Å². The van der Waals surface area contributed by atoms with Crippen molar-refractivity contribution < 1.29 is 19.5 Å². The minimum absolute atomic E-state index is 0.0185. The van der Waals surface area contributed by atoms with Crippen LogP contribution in [0, 0.1) is 6.92 Å². The molecule has 1 saturated heterocycles. The molecule has 1 atom stereocenters. The molecule has 2 N–H and O–H groups in total. The van der Waals surface area contributed by atoms with Gasteiger partial charge in [-0.1, -0.05) is 29.8 Å². The number of carbonyl (C=O) groups is 3. The van der Waals surface area contributed by atoms with Crippen LogP contribution >= 0.6 is 11.3 Å². The number of aromatic carboxylic acids is 1. The molecule has 2 heterocycles. The maximum atomic E-state index is 12.5. The van der Waals surface area contributed by atoms with E-state index in [4.69, 9.17) is 5.11 Å². The second-order valence-corrected chi connectivity index (χ2v) is 7.52. The Hall–Kier alpha value is -2.67. The van der Waals surface area contributed by atoms with Gasteiger partial charge < -0.3 is 15.3 Å². The molecule has 1 fully saturated rings. The first-order valence-electron chi connectivity index (χ1n) is 8.39.